The molecule has 4 nitrogen and oxygen atoms in total. The summed E-state index contributed by atoms with van der Waals surface area (Å²) >= 11 is 0. The minimum atomic E-state index is -0.503. The van der Waals surface area contributed by atoms with Gasteiger partial charge in [-0.1, -0.05) is 19.9 Å². The molecule has 0 saturated heterocycles. The molecule has 1 heterocycles. The standard InChI is InChI=1S/C13H20N2O2/c1-9(2)10-7-6-8-14-11(10)15-12(16)17-13(3,4)5/h6-9H,1-5H3,(H,14,15,16). The molecule has 0 aliphatic rings. The summed E-state index contributed by atoms with van der Waals surface area (Å²) < 4.78 is 5.19. The average Bonchev–Trinajstić information content (AvgIpc) is 2.14. The molecule has 17 heavy (non-hydrogen) atoms. The second-order valence-electron chi connectivity index (χ2n) is 5.22. The summed E-state index contributed by atoms with van der Waals surface area (Å²) in [6.45, 7) is 9.59. The first kappa shape index (κ1) is 13.5. The van der Waals surface area contributed by atoms with Crippen LogP contribution in [0.25, 0.3) is 0 Å². The van der Waals surface area contributed by atoms with Gasteiger partial charge in [0.2, 0.25) is 0 Å². The smallest absolute Gasteiger partial charge is 0.413 e. The zero-order chi connectivity index (χ0) is 13.1. The second kappa shape index (κ2) is 5.17. The molecule has 1 amide bonds. The Morgan fingerprint density at radius 3 is 2.59 bits per heavy atom. The Labute approximate surface area is 102 Å². The van der Waals surface area contributed by atoms with E-state index in [1.807, 2.05) is 32.9 Å². The first-order valence-corrected chi connectivity index (χ1v) is 5.74. The molecule has 0 fully saturated rings. The van der Waals surface area contributed by atoms with Crippen molar-refractivity contribution in [3.63, 3.8) is 0 Å². The summed E-state index contributed by atoms with van der Waals surface area (Å²) in [5, 5.41) is 2.68. The van der Waals surface area contributed by atoms with Crippen molar-refractivity contribution in [1.82, 2.24) is 4.98 Å². The third kappa shape index (κ3) is 4.43. The van der Waals surface area contributed by atoms with E-state index in [4.69, 9.17) is 4.74 Å². The summed E-state index contributed by atoms with van der Waals surface area (Å²) in [6.07, 6.45) is 1.18. The number of nitrogens with one attached hydrogen (secondary N) is 1. The molecule has 1 rings (SSSR count). The van der Waals surface area contributed by atoms with Crippen LogP contribution in [0.3, 0.4) is 0 Å². The number of hydrogen-bond donors (Lipinski definition) is 1. The molecule has 94 valence electrons. The average molecular weight is 236 g/mol. The molecule has 0 aliphatic carbocycles. The highest BCUT2D eigenvalue weighted by atomic mass is 16.6. The Kier molecular flexibility index (Phi) is 4.10. The maximum atomic E-state index is 11.6. The maximum Gasteiger partial charge on any atom is 0.413 e. The van der Waals surface area contributed by atoms with Gasteiger partial charge in [0.15, 0.2) is 0 Å². The van der Waals surface area contributed by atoms with Crippen molar-refractivity contribution in [3.05, 3.63) is 23.9 Å². The lowest BCUT2D eigenvalue weighted by Crippen LogP contribution is -2.27. The van der Waals surface area contributed by atoms with E-state index in [9.17, 15) is 4.79 Å². The first-order chi connectivity index (χ1) is 7.79. The molecule has 1 aromatic rings. The van der Waals surface area contributed by atoms with Crippen LogP contribution in [0.1, 0.15) is 46.1 Å². The Bertz CT molecular complexity index is 395. The molecular formula is C13H20N2O2. The van der Waals surface area contributed by atoms with Gasteiger partial charge in [-0.05, 0) is 38.3 Å². The Morgan fingerprint density at radius 1 is 1.41 bits per heavy atom. The largest absolute Gasteiger partial charge is 0.444 e. The molecule has 0 bridgehead atoms. The van der Waals surface area contributed by atoms with Gasteiger partial charge in [0.1, 0.15) is 11.4 Å². The lowest BCUT2D eigenvalue weighted by atomic mass is 10.0. The summed E-state index contributed by atoms with van der Waals surface area (Å²) in [7, 11) is 0. The van der Waals surface area contributed by atoms with Crippen molar-refractivity contribution in [2.24, 2.45) is 0 Å². The van der Waals surface area contributed by atoms with Gasteiger partial charge in [0.25, 0.3) is 0 Å². The first-order valence-electron chi connectivity index (χ1n) is 5.74. The van der Waals surface area contributed by atoms with Crippen LogP contribution in [0.4, 0.5) is 10.6 Å². The van der Waals surface area contributed by atoms with Gasteiger partial charge >= 0.3 is 6.09 Å². The van der Waals surface area contributed by atoms with Gasteiger partial charge < -0.3 is 4.74 Å². The number of carbonyl (C=O) groups excluding carboxylic acids is 1. The number of amides is 1. The van der Waals surface area contributed by atoms with Crippen LogP contribution in [0, 0.1) is 0 Å². The van der Waals surface area contributed by atoms with E-state index in [2.05, 4.69) is 24.1 Å². The van der Waals surface area contributed by atoms with Crippen molar-refractivity contribution in [2.45, 2.75) is 46.1 Å². The molecule has 1 N–H and O–H groups in total. The molecule has 0 spiro atoms. The second-order valence-corrected chi connectivity index (χ2v) is 5.22. The monoisotopic (exact) mass is 236 g/mol. The molecular weight excluding hydrogens is 216 g/mol. The van der Waals surface area contributed by atoms with Crippen molar-refractivity contribution >= 4 is 11.9 Å². The van der Waals surface area contributed by atoms with Crippen molar-refractivity contribution in [2.75, 3.05) is 5.32 Å². The van der Waals surface area contributed by atoms with Gasteiger partial charge in [-0.3, -0.25) is 5.32 Å². The summed E-state index contributed by atoms with van der Waals surface area (Å²) in [4.78, 5) is 15.8. The highest BCUT2D eigenvalue weighted by molar-refractivity contribution is 5.84. The molecule has 1 aromatic heterocycles. The number of pyridine rings is 1. The number of ether oxygens (including phenoxy) is 1. The number of aromatic nitrogens is 1. The fraction of sp³-hybridized carbons (Fsp3) is 0.538. The third-order valence-corrected chi connectivity index (χ3v) is 2.08. The van der Waals surface area contributed by atoms with Crippen LogP contribution in [0.15, 0.2) is 18.3 Å². The quantitative estimate of drug-likeness (QED) is 0.854. The normalized spacial score (nSPS) is 11.4. The van der Waals surface area contributed by atoms with Gasteiger partial charge in [-0.25, -0.2) is 9.78 Å². The predicted octanol–water partition coefficient (Wildman–Crippen LogP) is 3.55. The van der Waals surface area contributed by atoms with Crippen LogP contribution < -0.4 is 5.32 Å². The number of hydrogen-bond acceptors (Lipinski definition) is 3. The van der Waals surface area contributed by atoms with Gasteiger partial charge in [-0.2, -0.15) is 0 Å². The Balaban J connectivity index is 2.78. The summed E-state index contributed by atoms with van der Waals surface area (Å²) in [5.41, 5.74) is 0.495. The molecule has 0 aromatic carbocycles. The lowest BCUT2D eigenvalue weighted by Gasteiger charge is -2.20. The Morgan fingerprint density at radius 2 is 2.06 bits per heavy atom. The number of carbonyl (C=O) groups is 1. The molecule has 0 atom stereocenters. The van der Waals surface area contributed by atoms with Crippen molar-refractivity contribution < 1.29 is 9.53 Å². The van der Waals surface area contributed by atoms with E-state index < -0.39 is 11.7 Å². The number of rotatable bonds is 2. The molecule has 0 unspecified atom stereocenters. The minimum absolute atomic E-state index is 0.300. The molecule has 0 saturated carbocycles. The van der Waals surface area contributed by atoms with E-state index in [1.54, 1.807) is 6.20 Å². The third-order valence-electron chi connectivity index (χ3n) is 2.08. The minimum Gasteiger partial charge on any atom is -0.444 e. The van der Waals surface area contributed by atoms with Crippen LogP contribution in [-0.2, 0) is 4.74 Å². The predicted molar refractivity (Wildman–Crippen MR) is 68.2 cm³/mol. The SMILES string of the molecule is CC(C)c1cccnc1NC(=O)OC(C)(C)C. The van der Waals surface area contributed by atoms with E-state index in [1.165, 1.54) is 0 Å². The molecule has 4 heteroatoms. The van der Waals surface area contributed by atoms with Crippen LogP contribution in [0.2, 0.25) is 0 Å². The molecule has 0 radical (unpaired) electrons. The van der Waals surface area contributed by atoms with Gasteiger partial charge in [-0.15, -0.1) is 0 Å². The fourth-order valence-corrected chi connectivity index (χ4v) is 1.39. The highest BCUT2D eigenvalue weighted by Gasteiger charge is 2.18. The van der Waals surface area contributed by atoms with E-state index in [0.717, 1.165) is 5.56 Å². The Hall–Kier alpha value is -1.58. The van der Waals surface area contributed by atoms with Crippen molar-refractivity contribution in [1.29, 1.82) is 0 Å². The highest BCUT2D eigenvalue weighted by Crippen LogP contribution is 2.21. The number of nitrogens with zero attached hydrogens (tertiary/aromatic N) is 1. The summed E-state index contributed by atoms with van der Waals surface area (Å²) in [6, 6.07) is 3.81. The fourth-order valence-electron chi connectivity index (χ4n) is 1.39. The van der Waals surface area contributed by atoms with Crippen LogP contribution in [0.5, 0.6) is 0 Å². The summed E-state index contributed by atoms with van der Waals surface area (Å²) in [5.74, 6) is 0.866. The van der Waals surface area contributed by atoms with E-state index in [0.29, 0.717) is 11.7 Å². The van der Waals surface area contributed by atoms with Gasteiger partial charge in [0.05, 0.1) is 0 Å². The number of anilines is 1. The van der Waals surface area contributed by atoms with E-state index in [-0.39, 0.29) is 0 Å². The lowest BCUT2D eigenvalue weighted by molar-refractivity contribution is 0.0635. The van der Waals surface area contributed by atoms with E-state index >= 15 is 0 Å². The van der Waals surface area contributed by atoms with Crippen LogP contribution >= 0.6 is 0 Å². The van der Waals surface area contributed by atoms with Gasteiger partial charge in [0, 0.05) is 6.20 Å². The topological polar surface area (TPSA) is 51.2 Å². The van der Waals surface area contributed by atoms with Crippen LogP contribution in [-0.4, -0.2) is 16.7 Å². The molecule has 0 aliphatic heterocycles. The zero-order valence-corrected chi connectivity index (χ0v) is 11.1. The zero-order valence-electron chi connectivity index (χ0n) is 11.1. The van der Waals surface area contributed by atoms with Crippen molar-refractivity contribution in [3.8, 4) is 0 Å². The maximum absolute atomic E-state index is 11.6.